The van der Waals surface area contributed by atoms with E-state index in [0.717, 1.165) is 38.8 Å². The molecule has 4 aromatic heterocycles. The van der Waals surface area contributed by atoms with Crippen molar-refractivity contribution < 1.29 is 0 Å². The molecule has 42 heavy (non-hydrogen) atoms. The van der Waals surface area contributed by atoms with E-state index in [1.54, 1.807) is 0 Å². The first-order valence-corrected chi connectivity index (χ1v) is 14.3. The monoisotopic (exact) mass is 534 g/mol. The van der Waals surface area contributed by atoms with Crippen LogP contribution in [0.5, 0.6) is 0 Å². The second-order valence-electron chi connectivity index (χ2n) is 11.1. The number of benzene rings is 6. The molecule has 0 aliphatic carbocycles. The summed E-state index contributed by atoms with van der Waals surface area (Å²) in [5, 5.41) is 6.09. The van der Waals surface area contributed by atoms with E-state index in [1.165, 1.54) is 49.2 Å². The number of nitrogens with zero attached hydrogens (tertiary/aromatic N) is 4. The average Bonchev–Trinajstić information content (AvgIpc) is 3.67. The van der Waals surface area contributed by atoms with Gasteiger partial charge in [0.2, 0.25) is 0 Å². The Hall–Kier alpha value is -5.74. The zero-order chi connectivity index (χ0) is 27.4. The van der Waals surface area contributed by atoms with E-state index < -0.39 is 0 Å². The predicted octanol–water partition coefficient (Wildman–Crippen LogP) is 9.54. The molecule has 0 saturated heterocycles. The third kappa shape index (κ3) is 2.80. The molecule has 4 heteroatoms. The average molecular weight is 535 g/mol. The van der Waals surface area contributed by atoms with Crippen molar-refractivity contribution >= 4 is 71.2 Å². The summed E-state index contributed by atoms with van der Waals surface area (Å²) in [6.07, 6.45) is 0. The van der Waals surface area contributed by atoms with Gasteiger partial charge in [0.25, 0.3) is 0 Å². The lowest BCUT2D eigenvalue weighted by molar-refractivity contribution is 1.18. The van der Waals surface area contributed by atoms with Crippen LogP contribution in [0.1, 0.15) is 0 Å². The Morgan fingerprint density at radius 2 is 1.10 bits per heavy atom. The van der Waals surface area contributed by atoms with Gasteiger partial charge in [0.1, 0.15) is 5.52 Å². The van der Waals surface area contributed by atoms with Crippen molar-refractivity contribution in [3.8, 4) is 16.8 Å². The Labute approximate surface area is 240 Å². The number of rotatable bonds is 2. The number of para-hydroxylation sites is 4. The van der Waals surface area contributed by atoms with Crippen LogP contribution in [-0.4, -0.2) is 18.9 Å². The van der Waals surface area contributed by atoms with Crippen molar-refractivity contribution in [2.75, 3.05) is 0 Å². The van der Waals surface area contributed by atoms with E-state index in [4.69, 9.17) is 9.97 Å². The largest absolute Gasteiger partial charge is 0.309 e. The van der Waals surface area contributed by atoms with Crippen molar-refractivity contribution in [1.29, 1.82) is 0 Å². The number of fused-ring (bicyclic) bond motifs is 10. The van der Waals surface area contributed by atoms with Gasteiger partial charge in [-0.15, -0.1) is 0 Å². The normalized spacial score (nSPS) is 12.3. The van der Waals surface area contributed by atoms with Crippen LogP contribution in [0.15, 0.2) is 133 Å². The first-order chi connectivity index (χ1) is 20.8. The molecule has 0 spiro atoms. The third-order valence-corrected chi connectivity index (χ3v) is 8.80. The first-order valence-electron chi connectivity index (χ1n) is 14.3. The van der Waals surface area contributed by atoms with Crippen LogP contribution in [0.3, 0.4) is 0 Å². The molecule has 4 heterocycles. The van der Waals surface area contributed by atoms with Crippen molar-refractivity contribution in [1.82, 2.24) is 18.9 Å². The summed E-state index contributed by atoms with van der Waals surface area (Å²) >= 11 is 0. The van der Waals surface area contributed by atoms with E-state index in [2.05, 4.69) is 130 Å². The molecule has 0 unspecified atom stereocenters. The molecule has 0 atom stereocenters. The van der Waals surface area contributed by atoms with Crippen molar-refractivity contribution in [2.24, 2.45) is 0 Å². The lowest BCUT2D eigenvalue weighted by Gasteiger charge is -2.08. The van der Waals surface area contributed by atoms with Crippen molar-refractivity contribution in [2.45, 2.75) is 0 Å². The predicted molar refractivity (Wildman–Crippen MR) is 174 cm³/mol. The summed E-state index contributed by atoms with van der Waals surface area (Å²) in [4.78, 5) is 10.4. The van der Waals surface area contributed by atoms with Crippen LogP contribution in [0.2, 0.25) is 0 Å². The van der Waals surface area contributed by atoms with Gasteiger partial charge in [-0.25, -0.2) is 9.97 Å². The van der Waals surface area contributed by atoms with Crippen LogP contribution in [0.25, 0.3) is 88.0 Å². The van der Waals surface area contributed by atoms with Gasteiger partial charge in [-0.05, 0) is 65.7 Å². The second kappa shape index (κ2) is 7.93. The minimum Gasteiger partial charge on any atom is -0.309 e. The van der Waals surface area contributed by atoms with Crippen LogP contribution < -0.4 is 0 Å². The van der Waals surface area contributed by atoms with E-state index in [0.29, 0.717) is 0 Å². The highest BCUT2D eigenvalue weighted by atomic mass is 15.0. The highest BCUT2D eigenvalue weighted by Crippen LogP contribution is 2.44. The molecule has 0 aliphatic heterocycles. The van der Waals surface area contributed by atoms with Crippen LogP contribution >= 0.6 is 0 Å². The third-order valence-electron chi connectivity index (χ3n) is 8.80. The SMILES string of the molecule is c1ccc(-c2cc3c4cc5c6ccccc6n(-c6ccccc6)c5cc4n4c5nc6ccccc6nc5c(c2)c34)cc1. The number of hydrogen-bond donors (Lipinski definition) is 0. The molecule has 0 aliphatic rings. The van der Waals surface area contributed by atoms with Gasteiger partial charge in [-0.2, -0.15) is 0 Å². The van der Waals surface area contributed by atoms with Crippen LogP contribution in [0.4, 0.5) is 0 Å². The summed E-state index contributed by atoms with van der Waals surface area (Å²) in [6, 6.07) is 47.5. The van der Waals surface area contributed by atoms with Gasteiger partial charge in [-0.3, -0.25) is 4.40 Å². The lowest BCUT2D eigenvalue weighted by atomic mass is 10.00. The first kappa shape index (κ1) is 22.0. The van der Waals surface area contributed by atoms with E-state index in [1.807, 2.05) is 12.1 Å². The van der Waals surface area contributed by atoms with Gasteiger partial charge < -0.3 is 4.57 Å². The van der Waals surface area contributed by atoms with E-state index in [-0.39, 0.29) is 0 Å². The van der Waals surface area contributed by atoms with Gasteiger partial charge >= 0.3 is 0 Å². The Morgan fingerprint density at radius 1 is 0.429 bits per heavy atom. The fraction of sp³-hybridized carbons (Fsp3) is 0. The molecule has 0 N–H and O–H groups in total. The fourth-order valence-electron chi connectivity index (χ4n) is 6.99. The summed E-state index contributed by atoms with van der Waals surface area (Å²) < 4.78 is 4.73. The summed E-state index contributed by atoms with van der Waals surface area (Å²) in [5.74, 6) is 0. The molecule has 0 amide bonds. The summed E-state index contributed by atoms with van der Waals surface area (Å²) in [5.41, 5.74) is 11.9. The van der Waals surface area contributed by atoms with Gasteiger partial charge in [0.15, 0.2) is 5.65 Å². The van der Waals surface area contributed by atoms with Gasteiger partial charge in [0, 0.05) is 32.6 Å². The zero-order valence-corrected chi connectivity index (χ0v) is 22.5. The topological polar surface area (TPSA) is 35.1 Å². The molecule has 10 aromatic rings. The molecule has 0 fully saturated rings. The molecular formula is C38H22N4. The van der Waals surface area contributed by atoms with E-state index >= 15 is 0 Å². The molecule has 194 valence electrons. The fourth-order valence-corrected chi connectivity index (χ4v) is 6.99. The van der Waals surface area contributed by atoms with Crippen LogP contribution in [-0.2, 0) is 0 Å². The second-order valence-corrected chi connectivity index (χ2v) is 11.1. The molecule has 4 nitrogen and oxygen atoms in total. The summed E-state index contributed by atoms with van der Waals surface area (Å²) in [7, 11) is 0. The maximum atomic E-state index is 5.22. The molecular weight excluding hydrogens is 512 g/mol. The lowest BCUT2D eigenvalue weighted by Crippen LogP contribution is -1.93. The maximum Gasteiger partial charge on any atom is 0.165 e. The molecule has 10 rings (SSSR count). The highest BCUT2D eigenvalue weighted by molar-refractivity contribution is 6.26. The molecule has 0 saturated carbocycles. The Bertz CT molecular complexity index is 2660. The minimum absolute atomic E-state index is 0.899. The maximum absolute atomic E-state index is 5.22. The standard InChI is InChI=1S/C38H22N4/c1-3-11-23(12-4-1)24-19-29-28-21-27-26-15-7-10-18-33(26)41(25-13-5-2-6-14-25)34(27)22-35(28)42-37(29)30(20-24)36-38(42)40-32-17-9-8-16-31(32)39-36/h1-22H. The smallest absolute Gasteiger partial charge is 0.165 e. The zero-order valence-electron chi connectivity index (χ0n) is 22.5. The Balaban J connectivity index is 1.45. The Kier molecular flexibility index (Phi) is 4.15. The van der Waals surface area contributed by atoms with Crippen molar-refractivity contribution in [3.63, 3.8) is 0 Å². The summed E-state index contributed by atoms with van der Waals surface area (Å²) in [6.45, 7) is 0. The van der Waals surface area contributed by atoms with Crippen molar-refractivity contribution in [3.05, 3.63) is 133 Å². The molecule has 6 aromatic carbocycles. The van der Waals surface area contributed by atoms with Gasteiger partial charge in [0.05, 0.1) is 33.1 Å². The highest BCUT2D eigenvalue weighted by Gasteiger charge is 2.23. The Morgan fingerprint density at radius 3 is 1.93 bits per heavy atom. The number of aromatic nitrogens is 4. The van der Waals surface area contributed by atoms with E-state index in [9.17, 15) is 0 Å². The molecule has 0 radical (unpaired) electrons. The minimum atomic E-state index is 0.899. The van der Waals surface area contributed by atoms with Gasteiger partial charge in [-0.1, -0.05) is 78.9 Å². The number of hydrogen-bond acceptors (Lipinski definition) is 2. The molecule has 0 bridgehead atoms. The quantitative estimate of drug-likeness (QED) is 0.221. The van der Waals surface area contributed by atoms with Crippen LogP contribution in [0, 0.1) is 0 Å².